The molecular formula is C22H27N3O3S. The molecule has 0 aliphatic carbocycles. The van der Waals surface area contributed by atoms with Gasteiger partial charge in [0.1, 0.15) is 0 Å². The number of carbonyl (C=O) groups excluding carboxylic acids is 2. The van der Waals surface area contributed by atoms with E-state index < -0.39 is 11.8 Å². The van der Waals surface area contributed by atoms with Gasteiger partial charge in [-0.1, -0.05) is 42.5 Å². The van der Waals surface area contributed by atoms with E-state index in [1.54, 1.807) is 6.07 Å². The van der Waals surface area contributed by atoms with Crippen LogP contribution in [0.1, 0.15) is 18.1 Å². The number of hydrogen-bond acceptors (Lipinski definition) is 5. The quantitative estimate of drug-likeness (QED) is 0.415. The van der Waals surface area contributed by atoms with Crippen LogP contribution in [0.4, 0.5) is 5.69 Å². The summed E-state index contributed by atoms with van der Waals surface area (Å²) in [6, 6.07) is 17.6. The van der Waals surface area contributed by atoms with E-state index in [2.05, 4.69) is 27.7 Å². The van der Waals surface area contributed by atoms with Crippen LogP contribution in [0.25, 0.3) is 0 Å². The number of rotatable bonds is 7. The SMILES string of the molecule is CSc1ccccc1NC(=O)C(=O)NCCCN1CCOC(c2ccccc2)C1. The predicted molar refractivity (Wildman–Crippen MR) is 116 cm³/mol. The van der Waals surface area contributed by atoms with Crippen molar-refractivity contribution in [1.82, 2.24) is 10.2 Å². The number of morpholine rings is 1. The zero-order chi connectivity index (χ0) is 20.5. The average Bonchev–Trinajstić information content (AvgIpc) is 2.77. The van der Waals surface area contributed by atoms with E-state index in [4.69, 9.17) is 4.74 Å². The molecule has 1 heterocycles. The Labute approximate surface area is 176 Å². The standard InChI is InChI=1S/C22H27N3O3S/c1-29-20-11-6-5-10-18(20)24-22(27)21(26)23-12-7-13-25-14-15-28-19(16-25)17-8-3-2-4-9-17/h2-6,8-11,19H,7,12-16H2,1H3,(H,23,26)(H,24,27). The summed E-state index contributed by atoms with van der Waals surface area (Å²) in [4.78, 5) is 27.4. The first-order valence-corrected chi connectivity index (χ1v) is 11.0. The molecular weight excluding hydrogens is 386 g/mol. The molecule has 0 saturated carbocycles. The Kier molecular flexibility index (Phi) is 8.10. The van der Waals surface area contributed by atoms with Crippen LogP contribution in [-0.4, -0.2) is 55.8 Å². The van der Waals surface area contributed by atoms with Gasteiger partial charge in [0.15, 0.2) is 0 Å². The maximum absolute atomic E-state index is 12.1. The van der Waals surface area contributed by atoms with E-state index in [1.165, 1.54) is 17.3 Å². The fourth-order valence-electron chi connectivity index (χ4n) is 3.29. The molecule has 2 aromatic rings. The molecule has 1 aliphatic heterocycles. The number of carbonyl (C=O) groups is 2. The van der Waals surface area contributed by atoms with Gasteiger partial charge in [-0.05, 0) is 30.4 Å². The van der Waals surface area contributed by atoms with Crippen LogP contribution < -0.4 is 10.6 Å². The van der Waals surface area contributed by atoms with Gasteiger partial charge in [0.2, 0.25) is 0 Å². The van der Waals surface area contributed by atoms with Gasteiger partial charge in [-0.25, -0.2) is 0 Å². The minimum absolute atomic E-state index is 0.0850. The molecule has 154 valence electrons. The molecule has 2 amide bonds. The van der Waals surface area contributed by atoms with Crippen molar-refractivity contribution in [2.75, 3.05) is 44.4 Å². The number of para-hydroxylation sites is 1. The van der Waals surface area contributed by atoms with Gasteiger partial charge < -0.3 is 15.4 Å². The number of benzene rings is 2. The van der Waals surface area contributed by atoms with Crippen LogP contribution in [0.15, 0.2) is 59.5 Å². The summed E-state index contributed by atoms with van der Waals surface area (Å²) in [7, 11) is 0. The van der Waals surface area contributed by atoms with Crippen LogP contribution in [-0.2, 0) is 14.3 Å². The largest absolute Gasteiger partial charge is 0.371 e. The lowest BCUT2D eigenvalue weighted by Crippen LogP contribution is -2.41. The molecule has 0 spiro atoms. The normalized spacial score (nSPS) is 16.9. The molecule has 2 aromatic carbocycles. The molecule has 1 atom stereocenters. The van der Waals surface area contributed by atoms with Gasteiger partial charge in [-0.2, -0.15) is 0 Å². The summed E-state index contributed by atoms with van der Waals surface area (Å²) in [6.07, 6.45) is 2.79. The van der Waals surface area contributed by atoms with E-state index in [0.29, 0.717) is 18.8 Å². The molecule has 2 N–H and O–H groups in total. The molecule has 1 saturated heterocycles. The summed E-state index contributed by atoms with van der Waals surface area (Å²) in [5.41, 5.74) is 1.84. The van der Waals surface area contributed by atoms with Gasteiger partial charge in [0.25, 0.3) is 0 Å². The zero-order valence-electron chi connectivity index (χ0n) is 16.6. The summed E-state index contributed by atoms with van der Waals surface area (Å²) < 4.78 is 5.88. The van der Waals surface area contributed by atoms with Crippen molar-refractivity contribution in [3.05, 3.63) is 60.2 Å². The molecule has 1 unspecified atom stereocenters. The maximum Gasteiger partial charge on any atom is 0.313 e. The number of amides is 2. The first-order valence-electron chi connectivity index (χ1n) is 9.78. The van der Waals surface area contributed by atoms with Gasteiger partial charge in [0.05, 0.1) is 18.4 Å². The number of nitrogens with zero attached hydrogens (tertiary/aromatic N) is 1. The van der Waals surface area contributed by atoms with Crippen LogP contribution >= 0.6 is 11.8 Å². The zero-order valence-corrected chi connectivity index (χ0v) is 17.4. The Balaban J connectivity index is 1.38. The van der Waals surface area contributed by atoms with Gasteiger partial charge in [-0.3, -0.25) is 14.5 Å². The second-order valence-electron chi connectivity index (χ2n) is 6.83. The van der Waals surface area contributed by atoms with Gasteiger partial charge in [0, 0.05) is 31.1 Å². The van der Waals surface area contributed by atoms with Crippen LogP contribution in [0.5, 0.6) is 0 Å². The predicted octanol–water partition coefficient (Wildman–Crippen LogP) is 2.93. The molecule has 7 heteroatoms. The number of nitrogens with one attached hydrogen (secondary N) is 2. The Morgan fingerprint density at radius 1 is 1.10 bits per heavy atom. The second kappa shape index (κ2) is 11.0. The van der Waals surface area contributed by atoms with Crippen molar-refractivity contribution in [1.29, 1.82) is 0 Å². The van der Waals surface area contributed by atoms with Gasteiger partial charge in [-0.15, -0.1) is 11.8 Å². The first-order chi connectivity index (χ1) is 14.2. The van der Waals surface area contributed by atoms with Gasteiger partial charge >= 0.3 is 11.8 Å². The van der Waals surface area contributed by atoms with Crippen molar-refractivity contribution < 1.29 is 14.3 Å². The van der Waals surface area contributed by atoms with E-state index in [9.17, 15) is 9.59 Å². The smallest absolute Gasteiger partial charge is 0.313 e. The average molecular weight is 414 g/mol. The summed E-state index contributed by atoms with van der Waals surface area (Å²) in [5.74, 6) is -1.24. The molecule has 0 radical (unpaired) electrons. The summed E-state index contributed by atoms with van der Waals surface area (Å²) in [6.45, 7) is 3.73. The number of thioether (sulfide) groups is 1. The second-order valence-corrected chi connectivity index (χ2v) is 7.68. The third kappa shape index (κ3) is 6.32. The molecule has 1 aliphatic rings. The number of anilines is 1. The van der Waals surface area contributed by atoms with Crippen LogP contribution in [0, 0.1) is 0 Å². The Bertz CT molecular complexity index is 816. The molecule has 3 rings (SSSR count). The van der Waals surface area contributed by atoms with Crippen LogP contribution in [0.3, 0.4) is 0 Å². The summed E-state index contributed by atoms with van der Waals surface area (Å²) >= 11 is 1.52. The number of ether oxygens (including phenoxy) is 1. The lowest BCUT2D eigenvalue weighted by Gasteiger charge is -2.33. The molecule has 1 fully saturated rings. The highest BCUT2D eigenvalue weighted by Crippen LogP contribution is 2.24. The number of hydrogen-bond donors (Lipinski definition) is 2. The molecule has 0 aromatic heterocycles. The van der Waals surface area contributed by atoms with Crippen molar-refractivity contribution >= 4 is 29.3 Å². The van der Waals surface area contributed by atoms with E-state index in [1.807, 2.05) is 42.7 Å². The lowest BCUT2D eigenvalue weighted by molar-refractivity contribution is -0.136. The molecule has 0 bridgehead atoms. The van der Waals surface area contributed by atoms with Crippen molar-refractivity contribution in [2.45, 2.75) is 17.4 Å². The minimum Gasteiger partial charge on any atom is -0.371 e. The molecule has 6 nitrogen and oxygen atoms in total. The maximum atomic E-state index is 12.1. The van der Waals surface area contributed by atoms with E-state index in [0.717, 1.165) is 31.0 Å². The Morgan fingerprint density at radius 2 is 1.86 bits per heavy atom. The first kappa shape index (κ1) is 21.4. The fourth-order valence-corrected chi connectivity index (χ4v) is 3.84. The lowest BCUT2D eigenvalue weighted by atomic mass is 10.1. The van der Waals surface area contributed by atoms with Crippen LogP contribution in [0.2, 0.25) is 0 Å². The third-order valence-corrected chi connectivity index (χ3v) is 5.62. The fraction of sp³-hybridized carbons (Fsp3) is 0.364. The third-order valence-electron chi connectivity index (χ3n) is 4.82. The minimum atomic E-state index is -0.637. The van der Waals surface area contributed by atoms with E-state index >= 15 is 0 Å². The monoisotopic (exact) mass is 413 g/mol. The van der Waals surface area contributed by atoms with Crippen molar-refractivity contribution in [3.63, 3.8) is 0 Å². The summed E-state index contributed by atoms with van der Waals surface area (Å²) in [5, 5.41) is 5.38. The van der Waals surface area contributed by atoms with Crippen molar-refractivity contribution in [2.24, 2.45) is 0 Å². The highest BCUT2D eigenvalue weighted by Gasteiger charge is 2.21. The Hall–Kier alpha value is -2.35. The van der Waals surface area contributed by atoms with E-state index in [-0.39, 0.29) is 6.10 Å². The highest BCUT2D eigenvalue weighted by molar-refractivity contribution is 7.98. The topological polar surface area (TPSA) is 70.7 Å². The highest BCUT2D eigenvalue weighted by atomic mass is 32.2. The molecule has 29 heavy (non-hydrogen) atoms. The van der Waals surface area contributed by atoms with Crippen molar-refractivity contribution in [3.8, 4) is 0 Å². The Morgan fingerprint density at radius 3 is 2.66 bits per heavy atom.